The van der Waals surface area contributed by atoms with Crippen molar-refractivity contribution in [3.63, 3.8) is 0 Å². The molecule has 0 saturated carbocycles. The summed E-state index contributed by atoms with van der Waals surface area (Å²) in [5.41, 5.74) is 3.27. The number of aromatic nitrogens is 2. The summed E-state index contributed by atoms with van der Waals surface area (Å²) in [5.74, 6) is 0.387. The number of azo groups is 1. The molecule has 3 aromatic rings. The Morgan fingerprint density at radius 2 is 1.65 bits per heavy atom. The Labute approximate surface area is 305 Å². The van der Waals surface area contributed by atoms with Crippen LogP contribution in [0.1, 0.15) is 79.4 Å². The molecule has 3 rings (SSSR count). The van der Waals surface area contributed by atoms with Crippen molar-refractivity contribution in [2.75, 3.05) is 35.5 Å². The van der Waals surface area contributed by atoms with Gasteiger partial charge in [0, 0.05) is 30.9 Å². The lowest BCUT2D eigenvalue weighted by atomic mass is 9.76. The summed E-state index contributed by atoms with van der Waals surface area (Å²) in [6, 6.07) is 11.3. The van der Waals surface area contributed by atoms with Crippen molar-refractivity contribution in [3.8, 4) is 5.75 Å². The summed E-state index contributed by atoms with van der Waals surface area (Å²) in [7, 11) is -3.68. The van der Waals surface area contributed by atoms with Crippen LogP contribution in [-0.4, -0.2) is 56.3 Å². The summed E-state index contributed by atoms with van der Waals surface area (Å²) in [6.07, 6.45) is 2.22. The molecule has 11 nitrogen and oxygen atoms in total. The molecule has 0 aliphatic heterocycles. The normalized spacial score (nSPS) is 13.0. The number of ether oxygens (including phenoxy) is 1. The van der Waals surface area contributed by atoms with Gasteiger partial charge in [0.2, 0.25) is 15.3 Å². The third-order valence-electron chi connectivity index (χ3n) is 8.65. The first-order valence-electron chi connectivity index (χ1n) is 16.1. The van der Waals surface area contributed by atoms with Gasteiger partial charge < -0.3 is 15.0 Å². The predicted molar refractivity (Wildman–Crippen MR) is 200 cm³/mol. The monoisotopic (exact) mass is 753 g/mol. The van der Waals surface area contributed by atoms with Crippen molar-refractivity contribution >= 4 is 73.6 Å². The zero-order chi connectivity index (χ0) is 36.7. The fraction of sp³-hybridized carbons (Fsp3) is 0.500. The van der Waals surface area contributed by atoms with E-state index in [2.05, 4.69) is 83.9 Å². The van der Waals surface area contributed by atoms with E-state index in [4.69, 9.17) is 39.5 Å². The number of halogens is 3. The molecule has 2 N–H and O–H groups in total. The summed E-state index contributed by atoms with van der Waals surface area (Å²) in [4.78, 5) is 22.8. The van der Waals surface area contributed by atoms with E-state index in [1.165, 1.54) is 5.56 Å². The van der Waals surface area contributed by atoms with Gasteiger partial charge in [-0.1, -0.05) is 76.9 Å². The summed E-state index contributed by atoms with van der Waals surface area (Å²) < 4.78 is 33.1. The maximum absolute atomic E-state index is 13.2. The van der Waals surface area contributed by atoms with Gasteiger partial charge in [-0.15, -0.1) is 10.2 Å². The Hall–Kier alpha value is -3.19. The van der Waals surface area contributed by atoms with Crippen molar-refractivity contribution in [2.24, 2.45) is 10.2 Å². The van der Waals surface area contributed by atoms with Crippen LogP contribution < -0.4 is 19.7 Å². The van der Waals surface area contributed by atoms with Gasteiger partial charge in [0.15, 0.2) is 17.1 Å². The number of carbonyl (C=O) groups excluding carboxylic acids is 1. The zero-order valence-electron chi connectivity index (χ0n) is 29.5. The number of rotatable bonds is 16. The SMILES string of the molecule is CCN(CCNC(=O)C(C)Oc1ccc(C(C)(C)CC)cc1C(C)(C)CC)c1ccc(N=Nc2nc(Cl)nc(Cl)c2Cl)c(NS(C)(=O)=O)c1. The van der Waals surface area contributed by atoms with E-state index in [-0.39, 0.29) is 49.4 Å². The van der Waals surface area contributed by atoms with Crippen LogP contribution in [0.25, 0.3) is 0 Å². The molecule has 0 fully saturated rings. The molecule has 1 atom stereocenters. The van der Waals surface area contributed by atoms with Crippen LogP contribution in [0.15, 0.2) is 46.6 Å². The minimum atomic E-state index is -3.68. The first-order chi connectivity index (χ1) is 22.8. The highest BCUT2D eigenvalue weighted by molar-refractivity contribution is 7.92. The second-order valence-corrected chi connectivity index (χ2v) is 15.8. The zero-order valence-corrected chi connectivity index (χ0v) is 32.6. The molecule has 1 unspecified atom stereocenters. The molecule has 1 aromatic heterocycles. The number of nitrogens with one attached hydrogen (secondary N) is 2. The minimum absolute atomic E-state index is 0.0206. The summed E-state index contributed by atoms with van der Waals surface area (Å²) in [5, 5.41) is 10.8. The third-order valence-corrected chi connectivity index (χ3v) is 10.1. The van der Waals surface area contributed by atoms with E-state index in [1.54, 1.807) is 25.1 Å². The van der Waals surface area contributed by atoms with Gasteiger partial charge in [-0.05, 0) is 78.9 Å². The van der Waals surface area contributed by atoms with E-state index < -0.39 is 16.1 Å². The van der Waals surface area contributed by atoms with E-state index in [9.17, 15) is 13.2 Å². The number of benzene rings is 2. The molecule has 1 amide bonds. The van der Waals surface area contributed by atoms with Crippen molar-refractivity contribution in [2.45, 2.75) is 85.2 Å². The number of amides is 1. The molecule has 15 heteroatoms. The molecule has 0 radical (unpaired) electrons. The van der Waals surface area contributed by atoms with Crippen LogP contribution in [0, 0.1) is 0 Å². The molecule has 2 aromatic carbocycles. The molecular formula is C34H46Cl3N7O4S. The minimum Gasteiger partial charge on any atom is -0.481 e. The molecule has 1 heterocycles. The average molecular weight is 755 g/mol. The number of nitrogens with zero attached hydrogens (tertiary/aromatic N) is 5. The smallest absolute Gasteiger partial charge is 0.260 e. The lowest BCUT2D eigenvalue weighted by Gasteiger charge is -2.31. The lowest BCUT2D eigenvalue weighted by Crippen LogP contribution is -2.41. The summed E-state index contributed by atoms with van der Waals surface area (Å²) >= 11 is 17.9. The predicted octanol–water partition coefficient (Wildman–Crippen LogP) is 9.01. The Morgan fingerprint density at radius 3 is 2.27 bits per heavy atom. The van der Waals surface area contributed by atoms with Crippen molar-refractivity contribution < 1.29 is 17.9 Å². The molecular weight excluding hydrogens is 709 g/mol. The molecule has 268 valence electrons. The van der Waals surface area contributed by atoms with Gasteiger partial charge in [0.25, 0.3) is 5.91 Å². The maximum atomic E-state index is 13.2. The molecule has 0 saturated heterocycles. The molecule has 0 aliphatic carbocycles. The highest BCUT2D eigenvalue weighted by Gasteiger charge is 2.28. The fourth-order valence-electron chi connectivity index (χ4n) is 4.79. The number of likely N-dealkylation sites (N-methyl/N-ethyl adjacent to an activating group) is 1. The molecule has 49 heavy (non-hydrogen) atoms. The summed E-state index contributed by atoms with van der Waals surface area (Å²) in [6.45, 7) is 18.2. The van der Waals surface area contributed by atoms with Crippen LogP contribution in [0.5, 0.6) is 5.75 Å². The van der Waals surface area contributed by atoms with Crippen molar-refractivity contribution in [1.29, 1.82) is 0 Å². The topological polar surface area (TPSA) is 138 Å². The molecule has 0 aliphatic rings. The number of hydrogen-bond acceptors (Lipinski definition) is 9. The van der Waals surface area contributed by atoms with E-state index in [0.29, 0.717) is 31.1 Å². The van der Waals surface area contributed by atoms with Gasteiger partial charge in [-0.3, -0.25) is 9.52 Å². The highest BCUT2D eigenvalue weighted by Crippen LogP contribution is 2.39. The number of carbonyl (C=O) groups is 1. The van der Waals surface area contributed by atoms with Crippen molar-refractivity contribution in [1.82, 2.24) is 15.3 Å². The van der Waals surface area contributed by atoms with Crippen LogP contribution in [0.3, 0.4) is 0 Å². The Kier molecular flexibility index (Phi) is 13.7. The number of hydrogen-bond donors (Lipinski definition) is 2. The molecule has 0 spiro atoms. The first kappa shape index (κ1) is 40.2. The standard InChI is InChI=1S/C34H46Cl3N7O4S/c1-10-33(5,6)22-13-16-27(24(19-22)34(7,8)11-2)48-21(4)31(45)38-17-18-44(12-3)23-14-15-25(26(20-23)43-49(9,46)47)41-42-30-28(35)29(36)39-32(37)40-30/h13-16,19-21,43H,10-12,17-18H2,1-9H3,(H,38,45). The largest absolute Gasteiger partial charge is 0.481 e. The fourth-order valence-corrected chi connectivity index (χ4v) is 5.85. The van der Waals surface area contributed by atoms with Gasteiger partial charge >= 0.3 is 0 Å². The third kappa shape index (κ3) is 10.9. The van der Waals surface area contributed by atoms with Crippen LogP contribution in [0.4, 0.5) is 22.9 Å². The number of anilines is 2. The van der Waals surface area contributed by atoms with E-state index in [1.807, 2.05) is 17.9 Å². The maximum Gasteiger partial charge on any atom is 0.260 e. The quantitative estimate of drug-likeness (QED) is 0.0846. The highest BCUT2D eigenvalue weighted by atomic mass is 35.5. The van der Waals surface area contributed by atoms with Gasteiger partial charge in [-0.2, -0.15) is 4.98 Å². The Bertz CT molecular complexity index is 1790. The first-order valence-corrected chi connectivity index (χ1v) is 19.1. The van der Waals surface area contributed by atoms with Gasteiger partial charge in [-0.25, -0.2) is 13.4 Å². The van der Waals surface area contributed by atoms with Gasteiger partial charge in [0.1, 0.15) is 16.5 Å². The van der Waals surface area contributed by atoms with Crippen molar-refractivity contribution in [3.05, 3.63) is 63.0 Å². The average Bonchev–Trinajstić information content (AvgIpc) is 3.03. The number of sulfonamides is 1. The van der Waals surface area contributed by atoms with Crippen LogP contribution in [0.2, 0.25) is 15.5 Å². The second-order valence-electron chi connectivity index (χ2n) is 13.0. The van der Waals surface area contributed by atoms with E-state index >= 15 is 0 Å². The lowest BCUT2D eigenvalue weighted by molar-refractivity contribution is -0.127. The van der Waals surface area contributed by atoms with E-state index in [0.717, 1.165) is 24.7 Å². The van der Waals surface area contributed by atoms with Crippen LogP contribution in [-0.2, 0) is 25.6 Å². The van der Waals surface area contributed by atoms with Crippen LogP contribution >= 0.6 is 34.8 Å². The second kappa shape index (κ2) is 16.7. The molecule has 0 bridgehead atoms. The van der Waals surface area contributed by atoms with Gasteiger partial charge in [0.05, 0.1) is 11.9 Å². The Morgan fingerprint density at radius 1 is 0.980 bits per heavy atom. The Balaban J connectivity index is 1.75.